The molecule has 0 unspecified atom stereocenters. The first-order chi connectivity index (χ1) is 9.11. The number of aromatic nitrogens is 2. The molecule has 2 aromatic rings. The van der Waals surface area contributed by atoms with Crippen molar-refractivity contribution in [2.75, 3.05) is 13.2 Å². The van der Waals surface area contributed by atoms with Crippen LogP contribution in [0.15, 0.2) is 24.4 Å². The molecule has 100 valence electrons. The summed E-state index contributed by atoms with van der Waals surface area (Å²) in [6.45, 7) is 1.78. The highest BCUT2D eigenvalue weighted by Crippen LogP contribution is 2.18. The molecular formula is C12H12ClN3O3. The highest BCUT2D eigenvalue weighted by Gasteiger charge is 2.12. The van der Waals surface area contributed by atoms with Crippen LogP contribution in [0.1, 0.15) is 6.92 Å². The summed E-state index contributed by atoms with van der Waals surface area (Å²) in [7, 11) is 0. The molecule has 0 aliphatic heterocycles. The Labute approximate surface area is 114 Å². The average Bonchev–Trinajstić information content (AvgIpc) is 2.79. The van der Waals surface area contributed by atoms with E-state index in [0.717, 1.165) is 5.39 Å². The quantitative estimate of drug-likeness (QED) is 0.871. The fraction of sp³-hybridized carbons (Fsp3) is 0.250. The van der Waals surface area contributed by atoms with Crippen LogP contribution in [0, 0.1) is 0 Å². The van der Waals surface area contributed by atoms with Crippen molar-refractivity contribution in [3.63, 3.8) is 0 Å². The van der Waals surface area contributed by atoms with E-state index in [4.69, 9.17) is 16.3 Å². The number of esters is 1. The lowest BCUT2D eigenvalue weighted by molar-refractivity contribution is -0.141. The monoisotopic (exact) mass is 281 g/mol. The summed E-state index contributed by atoms with van der Waals surface area (Å²) in [6, 6.07) is 4.57. The van der Waals surface area contributed by atoms with Gasteiger partial charge < -0.3 is 10.1 Å². The van der Waals surface area contributed by atoms with Crippen LogP contribution in [0.2, 0.25) is 5.02 Å². The topological polar surface area (TPSA) is 73.2 Å². The molecule has 0 aliphatic carbocycles. The molecule has 7 heteroatoms. The molecule has 1 N–H and O–H groups in total. The van der Waals surface area contributed by atoms with Crippen LogP contribution in [0.3, 0.4) is 0 Å². The van der Waals surface area contributed by atoms with Gasteiger partial charge in [0.1, 0.15) is 6.54 Å². The molecule has 0 saturated carbocycles. The van der Waals surface area contributed by atoms with Gasteiger partial charge in [-0.05, 0) is 25.1 Å². The third-order valence-electron chi connectivity index (χ3n) is 2.41. The molecule has 0 fully saturated rings. The number of benzene rings is 1. The van der Waals surface area contributed by atoms with Gasteiger partial charge >= 0.3 is 12.0 Å². The van der Waals surface area contributed by atoms with Gasteiger partial charge in [0.15, 0.2) is 0 Å². The van der Waals surface area contributed by atoms with Gasteiger partial charge in [0.2, 0.25) is 0 Å². The van der Waals surface area contributed by atoms with Crippen molar-refractivity contribution in [1.29, 1.82) is 0 Å². The lowest BCUT2D eigenvalue weighted by Gasteiger charge is -2.05. The summed E-state index contributed by atoms with van der Waals surface area (Å²) in [5.74, 6) is -0.490. The first-order valence-electron chi connectivity index (χ1n) is 5.69. The average molecular weight is 282 g/mol. The van der Waals surface area contributed by atoms with E-state index < -0.39 is 12.0 Å². The number of nitrogens with one attached hydrogen (secondary N) is 1. The molecule has 2 rings (SSSR count). The number of amides is 1. The maximum atomic E-state index is 11.9. The Kier molecular flexibility index (Phi) is 4.01. The van der Waals surface area contributed by atoms with Gasteiger partial charge in [0, 0.05) is 10.4 Å². The first kappa shape index (κ1) is 13.4. The molecule has 0 bridgehead atoms. The van der Waals surface area contributed by atoms with Crippen molar-refractivity contribution in [2.45, 2.75) is 6.92 Å². The second-order valence-electron chi connectivity index (χ2n) is 3.72. The molecule has 1 aromatic carbocycles. The lowest BCUT2D eigenvalue weighted by atomic mass is 10.2. The number of nitrogens with zero attached hydrogens (tertiary/aromatic N) is 2. The molecule has 0 spiro atoms. The Balaban J connectivity index is 2.11. The molecule has 1 heterocycles. The van der Waals surface area contributed by atoms with Crippen LogP contribution in [-0.2, 0) is 9.53 Å². The van der Waals surface area contributed by atoms with Gasteiger partial charge in [-0.15, -0.1) is 0 Å². The van der Waals surface area contributed by atoms with Gasteiger partial charge in [0.25, 0.3) is 0 Å². The summed E-state index contributed by atoms with van der Waals surface area (Å²) in [6.07, 6.45) is 1.53. The van der Waals surface area contributed by atoms with Crippen LogP contribution in [0.25, 0.3) is 10.9 Å². The Morgan fingerprint density at radius 2 is 2.26 bits per heavy atom. The maximum absolute atomic E-state index is 11.9. The van der Waals surface area contributed by atoms with E-state index in [9.17, 15) is 9.59 Å². The van der Waals surface area contributed by atoms with Crippen LogP contribution < -0.4 is 5.32 Å². The second-order valence-corrected chi connectivity index (χ2v) is 4.16. The highest BCUT2D eigenvalue weighted by atomic mass is 35.5. The summed E-state index contributed by atoms with van der Waals surface area (Å²) < 4.78 is 5.88. The molecule has 1 aromatic heterocycles. The zero-order valence-corrected chi connectivity index (χ0v) is 11.0. The van der Waals surface area contributed by atoms with Crippen molar-refractivity contribution in [2.24, 2.45) is 0 Å². The van der Waals surface area contributed by atoms with Crippen molar-refractivity contribution in [3.05, 3.63) is 29.4 Å². The molecule has 1 amide bonds. The van der Waals surface area contributed by atoms with Gasteiger partial charge in [0.05, 0.1) is 18.3 Å². The van der Waals surface area contributed by atoms with E-state index >= 15 is 0 Å². The van der Waals surface area contributed by atoms with E-state index in [2.05, 4.69) is 10.4 Å². The molecule has 0 atom stereocenters. The van der Waals surface area contributed by atoms with Crippen molar-refractivity contribution < 1.29 is 14.3 Å². The minimum atomic E-state index is -0.495. The van der Waals surface area contributed by atoms with E-state index in [-0.39, 0.29) is 13.2 Å². The van der Waals surface area contributed by atoms with Crippen molar-refractivity contribution in [1.82, 2.24) is 15.1 Å². The third-order valence-corrected chi connectivity index (χ3v) is 2.65. The first-order valence-corrected chi connectivity index (χ1v) is 6.06. The number of hydrogen-bond acceptors (Lipinski definition) is 4. The van der Waals surface area contributed by atoms with Crippen molar-refractivity contribution in [3.8, 4) is 0 Å². The molecule has 0 radical (unpaired) electrons. The summed E-state index contributed by atoms with van der Waals surface area (Å²) >= 11 is 5.85. The highest BCUT2D eigenvalue weighted by molar-refractivity contribution is 6.31. The number of hydrogen-bond donors (Lipinski definition) is 1. The summed E-state index contributed by atoms with van der Waals surface area (Å²) in [5, 5.41) is 7.70. The number of fused-ring (bicyclic) bond motifs is 1. The predicted octanol–water partition coefficient (Wildman–Crippen LogP) is 1.81. The fourth-order valence-corrected chi connectivity index (χ4v) is 1.78. The zero-order valence-electron chi connectivity index (χ0n) is 10.2. The number of carbonyl (C=O) groups excluding carboxylic acids is 2. The largest absolute Gasteiger partial charge is 0.465 e. The molecule has 0 saturated heterocycles. The van der Waals surface area contributed by atoms with Gasteiger partial charge in [-0.2, -0.15) is 9.78 Å². The number of carbonyl (C=O) groups is 2. The lowest BCUT2D eigenvalue weighted by Crippen LogP contribution is -2.34. The van der Waals surface area contributed by atoms with E-state index in [0.29, 0.717) is 10.5 Å². The summed E-state index contributed by atoms with van der Waals surface area (Å²) in [4.78, 5) is 23.0. The van der Waals surface area contributed by atoms with E-state index in [1.165, 1.54) is 10.9 Å². The zero-order chi connectivity index (χ0) is 13.8. The Hall–Kier alpha value is -2.08. The Morgan fingerprint density at radius 3 is 3.00 bits per heavy atom. The minimum absolute atomic E-state index is 0.193. The van der Waals surface area contributed by atoms with E-state index in [1.54, 1.807) is 25.1 Å². The SMILES string of the molecule is CCOC(=O)CNC(=O)n1ncc2cc(Cl)ccc21. The smallest absolute Gasteiger partial charge is 0.343 e. The van der Waals surface area contributed by atoms with Crippen LogP contribution >= 0.6 is 11.6 Å². The molecule has 0 aliphatic rings. The number of rotatable bonds is 3. The van der Waals surface area contributed by atoms with Gasteiger partial charge in [-0.3, -0.25) is 4.79 Å². The fourth-order valence-electron chi connectivity index (χ4n) is 1.60. The molecule has 6 nitrogen and oxygen atoms in total. The van der Waals surface area contributed by atoms with E-state index in [1.807, 2.05) is 0 Å². The third kappa shape index (κ3) is 3.03. The van der Waals surface area contributed by atoms with Gasteiger partial charge in [-0.25, -0.2) is 4.79 Å². The minimum Gasteiger partial charge on any atom is -0.465 e. The Morgan fingerprint density at radius 1 is 1.47 bits per heavy atom. The standard InChI is InChI=1S/C12H12ClN3O3/c1-2-19-11(17)7-14-12(18)16-10-4-3-9(13)5-8(10)6-15-16/h3-6H,2,7H2,1H3,(H,14,18). The van der Waals surface area contributed by atoms with Crippen LogP contribution in [-0.4, -0.2) is 34.9 Å². The number of halogens is 1. The predicted molar refractivity (Wildman–Crippen MR) is 70.2 cm³/mol. The van der Waals surface area contributed by atoms with Crippen molar-refractivity contribution >= 4 is 34.5 Å². The van der Waals surface area contributed by atoms with Crippen LogP contribution in [0.4, 0.5) is 4.79 Å². The molecule has 19 heavy (non-hydrogen) atoms. The Bertz CT molecular complexity index is 624. The molecular weight excluding hydrogens is 270 g/mol. The van der Waals surface area contributed by atoms with Crippen LogP contribution in [0.5, 0.6) is 0 Å². The summed E-state index contributed by atoms with van der Waals surface area (Å²) in [5.41, 5.74) is 0.616. The maximum Gasteiger partial charge on any atom is 0.343 e. The normalized spacial score (nSPS) is 10.4. The van der Waals surface area contributed by atoms with Gasteiger partial charge in [-0.1, -0.05) is 11.6 Å². The second kappa shape index (κ2) is 5.71. The number of ether oxygens (including phenoxy) is 1.